The van der Waals surface area contributed by atoms with Gasteiger partial charge in [0.15, 0.2) is 6.29 Å². The molecular formula is C13H19O. The zero-order chi connectivity index (χ0) is 9.60. The number of hydrogen-bond donors (Lipinski definition) is 0. The first kappa shape index (κ1) is 8.94. The third-order valence-corrected chi connectivity index (χ3v) is 4.92. The average molecular weight is 191 g/mol. The molecule has 1 radical (unpaired) electrons. The van der Waals surface area contributed by atoms with Gasteiger partial charge in [-0.2, -0.15) is 0 Å². The SMILES string of the molecule is O=[C]CCC12CC3CC(CC(C3)C1)C2. The monoisotopic (exact) mass is 191 g/mol. The molecule has 14 heavy (non-hydrogen) atoms. The van der Waals surface area contributed by atoms with Crippen molar-refractivity contribution in [2.24, 2.45) is 23.2 Å². The van der Waals surface area contributed by atoms with Crippen LogP contribution in [0.4, 0.5) is 0 Å². The lowest BCUT2D eigenvalue weighted by atomic mass is 9.49. The van der Waals surface area contributed by atoms with Crippen molar-refractivity contribution in [2.75, 3.05) is 0 Å². The van der Waals surface area contributed by atoms with Gasteiger partial charge in [0.25, 0.3) is 0 Å². The van der Waals surface area contributed by atoms with Crippen LogP contribution in [0.1, 0.15) is 51.4 Å². The van der Waals surface area contributed by atoms with Gasteiger partial charge in [0.1, 0.15) is 0 Å². The molecule has 0 atom stereocenters. The van der Waals surface area contributed by atoms with E-state index in [2.05, 4.69) is 6.29 Å². The third kappa shape index (κ3) is 1.32. The van der Waals surface area contributed by atoms with Crippen molar-refractivity contribution in [3.05, 3.63) is 0 Å². The Morgan fingerprint density at radius 3 is 1.93 bits per heavy atom. The molecule has 4 bridgehead atoms. The van der Waals surface area contributed by atoms with E-state index in [1.165, 1.54) is 38.5 Å². The summed E-state index contributed by atoms with van der Waals surface area (Å²) in [6.45, 7) is 0. The highest BCUT2D eigenvalue weighted by Gasteiger charge is 2.50. The minimum Gasteiger partial charge on any atom is -0.291 e. The molecule has 0 aromatic rings. The summed E-state index contributed by atoms with van der Waals surface area (Å²) in [4.78, 5) is 10.4. The number of carbonyl (C=O) groups excluding carboxylic acids is 1. The predicted octanol–water partition coefficient (Wildman–Crippen LogP) is 3.09. The predicted molar refractivity (Wildman–Crippen MR) is 55.5 cm³/mol. The van der Waals surface area contributed by atoms with Crippen LogP contribution in [0, 0.1) is 23.2 Å². The summed E-state index contributed by atoms with van der Waals surface area (Å²) in [5.74, 6) is 3.06. The van der Waals surface area contributed by atoms with Gasteiger partial charge in [0.05, 0.1) is 0 Å². The molecular weight excluding hydrogens is 172 g/mol. The summed E-state index contributed by atoms with van der Waals surface area (Å²) >= 11 is 0. The van der Waals surface area contributed by atoms with Crippen molar-refractivity contribution in [1.82, 2.24) is 0 Å². The Morgan fingerprint density at radius 1 is 1.00 bits per heavy atom. The van der Waals surface area contributed by atoms with Gasteiger partial charge in [-0.15, -0.1) is 0 Å². The highest BCUT2D eigenvalue weighted by atomic mass is 16.1. The van der Waals surface area contributed by atoms with Crippen LogP contribution >= 0.6 is 0 Å². The van der Waals surface area contributed by atoms with E-state index in [0.717, 1.165) is 24.2 Å². The Bertz CT molecular complexity index is 208. The third-order valence-electron chi connectivity index (χ3n) is 4.92. The largest absolute Gasteiger partial charge is 0.291 e. The van der Waals surface area contributed by atoms with Crippen molar-refractivity contribution in [2.45, 2.75) is 51.4 Å². The quantitative estimate of drug-likeness (QED) is 0.670. The Labute approximate surface area is 86.3 Å². The molecule has 0 aromatic carbocycles. The van der Waals surface area contributed by atoms with Crippen molar-refractivity contribution in [3.8, 4) is 0 Å². The summed E-state index contributed by atoms with van der Waals surface area (Å²) in [5, 5.41) is 0. The van der Waals surface area contributed by atoms with Crippen LogP contribution < -0.4 is 0 Å². The number of rotatable bonds is 3. The standard InChI is InChI=1S/C13H19O/c14-3-1-2-13-7-10-4-11(8-13)6-12(5-10)9-13/h10-12H,1-2,4-9H2. The Morgan fingerprint density at radius 2 is 1.50 bits per heavy atom. The van der Waals surface area contributed by atoms with Gasteiger partial charge >= 0.3 is 0 Å². The fourth-order valence-corrected chi connectivity index (χ4v) is 4.91. The zero-order valence-electron chi connectivity index (χ0n) is 8.80. The molecule has 0 aromatic heterocycles. The molecule has 4 saturated carbocycles. The van der Waals surface area contributed by atoms with Gasteiger partial charge in [0.2, 0.25) is 0 Å². The molecule has 4 rings (SSSR count). The van der Waals surface area contributed by atoms with Crippen LogP contribution in [0.3, 0.4) is 0 Å². The van der Waals surface area contributed by atoms with Gasteiger partial charge in [-0.1, -0.05) is 0 Å². The van der Waals surface area contributed by atoms with Gasteiger partial charge in [-0.3, -0.25) is 4.79 Å². The average Bonchev–Trinajstić information content (AvgIpc) is 2.12. The second-order valence-corrected chi connectivity index (χ2v) is 6.06. The van der Waals surface area contributed by atoms with E-state index < -0.39 is 0 Å². The van der Waals surface area contributed by atoms with Crippen LogP contribution in [0.25, 0.3) is 0 Å². The molecule has 0 amide bonds. The molecule has 0 aliphatic heterocycles. The molecule has 4 fully saturated rings. The van der Waals surface area contributed by atoms with Crippen LogP contribution in [0.15, 0.2) is 0 Å². The summed E-state index contributed by atoms with van der Waals surface area (Å²) in [7, 11) is 0. The molecule has 4 aliphatic carbocycles. The maximum absolute atomic E-state index is 10.4. The summed E-state index contributed by atoms with van der Waals surface area (Å²) < 4.78 is 0. The second kappa shape index (κ2) is 3.08. The lowest BCUT2D eigenvalue weighted by molar-refractivity contribution is -0.0561. The summed E-state index contributed by atoms with van der Waals surface area (Å²) in [6.07, 6.45) is 12.7. The summed E-state index contributed by atoms with van der Waals surface area (Å²) in [5.41, 5.74) is 0.589. The second-order valence-electron chi connectivity index (χ2n) is 6.06. The first-order valence-electron chi connectivity index (χ1n) is 6.15. The van der Waals surface area contributed by atoms with Crippen molar-refractivity contribution >= 4 is 6.29 Å². The Hall–Kier alpha value is -0.330. The van der Waals surface area contributed by atoms with Gasteiger partial charge < -0.3 is 0 Å². The van der Waals surface area contributed by atoms with E-state index in [1.54, 1.807) is 0 Å². The van der Waals surface area contributed by atoms with E-state index in [-0.39, 0.29) is 0 Å². The zero-order valence-corrected chi connectivity index (χ0v) is 8.80. The first-order valence-corrected chi connectivity index (χ1v) is 6.15. The lowest BCUT2D eigenvalue weighted by Crippen LogP contribution is -2.45. The molecule has 77 valence electrons. The lowest BCUT2D eigenvalue weighted by Gasteiger charge is -2.57. The minimum absolute atomic E-state index is 0.589. The van der Waals surface area contributed by atoms with Gasteiger partial charge in [0, 0.05) is 6.42 Å². The van der Waals surface area contributed by atoms with Gasteiger partial charge in [-0.05, 0) is 68.1 Å². The molecule has 0 saturated heterocycles. The van der Waals surface area contributed by atoms with E-state index in [9.17, 15) is 4.79 Å². The summed E-state index contributed by atoms with van der Waals surface area (Å²) in [6, 6.07) is 0. The highest BCUT2D eigenvalue weighted by Crippen LogP contribution is 2.61. The van der Waals surface area contributed by atoms with Crippen LogP contribution in [0.2, 0.25) is 0 Å². The van der Waals surface area contributed by atoms with E-state index in [0.29, 0.717) is 11.8 Å². The number of hydrogen-bond acceptors (Lipinski definition) is 1. The Kier molecular flexibility index (Phi) is 1.97. The van der Waals surface area contributed by atoms with Gasteiger partial charge in [-0.25, -0.2) is 0 Å². The maximum Gasteiger partial charge on any atom is 0.198 e. The fraction of sp³-hybridized carbons (Fsp3) is 0.923. The van der Waals surface area contributed by atoms with Crippen LogP contribution in [0.5, 0.6) is 0 Å². The molecule has 4 aliphatic rings. The molecule has 0 unspecified atom stereocenters. The van der Waals surface area contributed by atoms with Crippen LogP contribution in [-0.4, -0.2) is 6.29 Å². The topological polar surface area (TPSA) is 17.1 Å². The normalized spacial score (nSPS) is 49.6. The van der Waals surface area contributed by atoms with Crippen molar-refractivity contribution in [1.29, 1.82) is 0 Å². The van der Waals surface area contributed by atoms with Crippen molar-refractivity contribution in [3.63, 3.8) is 0 Å². The van der Waals surface area contributed by atoms with Crippen molar-refractivity contribution < 1.29 is 4.79 Å². The van der Waals surface area contributed by atoms with E-state index in [4.69, 9.17) is 0 Å². The fourth-order valence-electron chi connectivity index (χ4n) is 4.91. The molecule has 0 heterocycles. The molecule has 0 N–H and O–H groups in total. The van der Waals surface area contributed by atoms with Crippen LogP contribution in [-0.2, 0) is 4.79 Å². The van der Waals surface area contributed by atoms with E-state index >= 15 is 0 Å². The molecule has 1 nitrogen and oxygen atoms in total. The smallest absolute Gasteiger partial charge is 0.198 e. The Balaban J connectivity index is 1.77. The highest BCUT2D eigenvalue weighted by molar-refractivity contribution is 5.50. The maximum atomic E-state index is 10.4. The molecule has 0 spiro atoms. The minimum atomic E-state index is 0.589. The van der Waals surface area contributed by atoms with E-state index in [1.807, 2.05) is 0 Å². The molecule has 1 heteroatoms. The first-order chi connectivity index (χ1) is 6.80.